The lowest BCUT2D eigenvalue weighted by molar-refractivity contribution is -0.129. The summed E-state index contributed by atoms with van der Waals surface area (Å²) in [6, 6.07) is 14.1. The monoisotopic (exact) mass is 444 g/mol. The van der Waals surface area contributed by atoms with E-state index in [9.17, 15) is 13.2 Å². The van der Waals surface area contributed by atoms with Crippen LogP contribution in [-0.4, -0.2) is 55.5 Å². The Morgan fingerprint density at radius 2 is 1.67 bits per heavy atom. The van der Waals surface area contributed by atoms with Crippen LogP contribution in [0.25, 0.3) is 0 Å². The third-order valence-corrected chi connectivity index (χ3v) is 7.82. The highest BCUT2D eigenvalue weighted by molar-refractivity contribution is 8.00. The maximum Gasteiger partial charge on any atom is 0.244 e. The molecule has 27 heavy (non-hydrogen) atoms. The maximum atomic E-state index is 12.8. The quantitative estimate of drug-likeness (QED) is 0.660. The fourth-order valence-corrected chi connectivity index (χ4v) is 5.73. The van der Waals surface area contributed by atoms with Gasteiger partial charge in [-0.25, -0.2) is 8.42 Å². The van der Waals surface area contributed by atoms with E-state index in [1.165, 1.54) is 28.2 Å². The van der Waals surface area contributed by atoms with E-state index in [-0.39, 0.29) is 28.9 Å². The van der Waals surface area contributed by atoms with Crippen molar-refractivity contribution < 1.29 is 13.2 Å². The molecular weight excluding hydrogens is 427 g/mol. The second kappa shape index (κ2) is 8.84. The van der Waals surface area contributed by atoms with Gasteiger partial charge in [0.15, 0.2) is 0 Å². The van der Waals surface area contributed by atoms with Crippen LogP contribution in [-0.2, 0) is 14.8 Å². The Balaban J connectivity index is 1.59. The number of nitrogens with zero attached hydrogens (tertiary/aromatic N) is 2. The third-order valence-electron chi connectivity index (χ3n) is 4.21. The van der Waals surface area contributed by atoms with E-state index in [0.29, 0.717) is 23.9 Å². The number of piperazine rings is 1. The van der Waals surface area contributed by atoms with Gasteiger partial charge < -0.3 is 4.90 Å². The van der Waals surface area contributed by atoms with Gasteiger partial charge in [0.2, 0.25) is 15.9 Å². The van der Waals surface area contributed by atoms with Crippen molar-refractivity contribution >= 4 is 50.9 Å². The minimum Gasteiger partial charge on any atom is -0.339 e. The Morgan fingerprint density at radius 3 is 2.33 bits per heavy atom. The van der Waals surface area contributed by atoms with Gasteiger partial charge in [-0.1, -0.05) is 41.4 Å². The van der Waals surface area contributed by atoms with Crippen molar-refractivity contribution in [2.75, 3.05) is 31.9 Å². The molecule has 0 spiro atoms. The molecule has 5 nitrogen and oxygen atoms in total. The fourth-order valence-electron chi connectivity index (χ4n) is 2.74. The normalized spacial score (nSPS) is 15.7. The molecule has 3 rings (SSSR count). The molecule has 0 aliphatic carbocycles. The minimum atomic E-state index is -3.75. The standard InChI is InChI=1S/C18H18Cl2N2O3S2/c19-14-6-7-16(20)17(12-14)27(24,25)22-10-8-21(9-11-22)18(23)13-26-15-4-2-1-3-5-15/h1-7,12H,8-11,13H2. The van der Waals surface area contributed by atoms with Gasteiger partial charge >= 0.3 is 0 Å². The average molecular weight is 445 g/mol. The molecular formula is C18H18Cl2N2O3S2. The van der Waals surface area contributed by atoms with Crippen LogP contribution >= 0.6 is 35.0 Å². The SMILES string of the molecule is O=C(CSc1ccccc1)N1CCN(S(=O)(=O)c2cc(Cl)ccc2Cl)CC1. The van der Waals surface area contributed by atoms with Crippen LogP contribution < -0.4 is 0 Å². The van der Waals surface area contributed by atoms with E-state index in [2.05, 4.69) is 0 Å². The molecule has 1 amide bonds. The molecule has 0 unspecified atom stereocenters. The van der Waals surface area contributed by atoms with Crippen LogP contribution in [0.1, 0.15) is 0 Å². The number of amides is 1. The van der Waals surface area contributed by atoms with Crippen LogP contribution in [0.2, 0.25) is 10.0 Å². The number of hydrogen-bond acceptors (Lipinski definition) is 4. The van der Waals surface area contributed by atoms with Crippen molar-refractivity contribution in [2.45, 2.75) is 9.79 Å². The minimum absolute atomic E-state index is 0.00156. The number of carbonyl (C=O) groups is 1. The predicted octanol–water partition coefficient (Wildman–Crippen LogP) is 3.62. The van der Waals surface area contributed by atoms with Gasteiger partial charge in [0.05, 0.1) is 10.8 Å². The molecule has 0 saturated carbocycles. The molecule has 0 radical (unpaired) electrons. The van der Waals surface area contributed by atoms with E-state index in [1.54, 1.807) is 11.0 Å². The molecule has 1 heterocycles. The molecule has 1 aliphatic rings. The number of sulfonamides is 1. The van der Waals surface area contributed by atoms with Crippen LogP contribution in [0.3, 0.4) is 0 Å². The summed E-state index contributed by atoms with van der Waals surface area (Å²) in [4.78, 5) is 15.1. The molecule has 2 aromatic carbocycles. The molecule has 0 atom stereocenters. The Bertz CT molecular complexity index is 915. The number of carbonyl (C=O) groups excluding carboxylic acids is 1. The number of hydrogen-bond donors (Lipinski definition) is 0. The first kappa shape index (κ1) is 20.5. The van der Waals surface area contributed by atoms with Gasteiger partial charge in [0, 0.05) is 36.1 Å². The summed E-state index contributed by atoms with van der Waals surface area (Å²) in [5.41, 5.74) is 0. The van der Waals surface area contributed by atoms with Crippen LogP contribution in [0.5, 0.6) is 0 Å². The lowest BCUT2D eigenvalue weighted by Crippen LogP contribution is -2.51. The summed E-state index contributed by atoms with van der Waals surface area (Å²) >= 11 is 13.4. The van der Waals surface area contributed by atoms with Crippen molar-refractivity contribution in [3.05, 3.63) is 58.6 Å². The Labute approximate surface area is 173 Å². The number of halogens is 2. The van der Waals surface area contributed by atoms with E-state index in [0.717, 1.165) is 4.90 Å². The van der Waals surface area contributed by atoms with Crippen LogP contribution in [0.4, 0.5) is 0 Å². The van der Waals surface area contributed by atoms with E-state index in [4.69, 9.17) is 23.2 Å². The highest BCUT2D eigenvalue weighted by Gasteiger charge is 2.31. The summed E-state index contributed by atoms with van der Waals surface area (Å²) in [5.74, 6) is 0.332. The fraction of sp³-hybridized carbons (Fsp3) is 0.278. The lowest BCUT2D eigenvalue weighted by Gasteiger charge is -2.34. The molecule has 1 fully saturated rings. The summed E-state index contributed by atoms with van der Waals surface area (Å²) in [7, 11) is -3.75. The Hall–Kier alpha value is -1.25. The summed E-state index contributed by atoms with van der Waals surface area (Å²) in [6.45, 7) is 1.16. The van der Waals surface area contributed by atoms with Crippen molar-refractivity contribution in [1.82, 2.24) is 9.21 Å². The summed E-state index contributed by atoms with van der Waals surface area (Å²) < 4.78 is 27.0. The van der Waals surface area contributed by atoms with Crippen molar-refractivity contribution in [2.24, 2.45) is 0 Å². The first-order chi connectivity index (χ1) is 12.9. The van der Waals surface area contributed by atoms with Gasteiger partial charge in [-0.2, -0.15) is 4.31 Å². The zero-order chi connectivity index (χ0) is 19.4. The zero-order valence-corrected chi connectivity index (χ0v) is 17.5. The van der Waals surface area contributed by atoms with Gasteiger partial charge in [-0.05, 0) is 30.3 Å². The zero-order valence-electron chi connectivity index (χ0n) is 14.3. The second-order valence-electron chi connectivity index (χ2n) is 5.96. The first-order valence-corrected chi connectivity index (χ1v) is 11.5. The van der Waals surface area contributed by atoms with E-state index in [1.807, 2.05) is 30.3 Å². The topological polar surface area (TPSA) is 57.7 Å². The highest BCUT2D eigenvalue weighted by Crippen LogP contribution is 2.28. The summed E-state index contributed by atoms with van der Waals surface area (Å²) in [5, 5.41) is 0.446. The van der Waals surface area contributed by atoms with Gasteiger partial charge in [-0.15, -0.1) is 11.8 Å². The highest BCUT2D eigenvalue weighted by atomic mass is 35.5. The van der Waals surface area contributed by atoms with Gasteiger partial charge in [-0.3, -0.25) is 4.79 Å². The Morgan fingerprint density at radius 1 is 1.00 bits per heavy atom. The largest absolute Gasteiger partial charge is 0.339 e. The number of thioether (sulfide) groups is 1. The second-order valence-corrected chi connectivity index (χ2v) is 9.76. The molecule has 2 aromatic rings. The molecule has 144 valence electrons. The summed E-state index contributed by atoms with van der Waals surface area (Å²) in [6.07, 6.45) is 0. The van der Waals surface area contributed by atoms with Crippen molar-refractivity contribution in [3.63, 3.8) is 0 Å². The van der Waals surface area contributed by atoms with Crippen molar-refractivity contribution in [1.29, 1.82) is 0 Å². The maximum absolute atomic E-state index is 12.8. The molecule has 0 aromatic heterocycles. The van der Waals surface area contributed by atoms with E-state index >= 15 is 0 Å². The lowest BCUT2D eigenvalue weighted by atomic mass is 10.3. The molecule has 0 N–H and O–H groups in total. The predicted molar refractivity (Wildman–Crippen MR) is 109 cm³/mol. The molecule has 0 bridgehead atoms. The van der Waals surface area contributed by atoms with Crippen LogP contribution in [0, 0.1) is 0 Å². The van der Waals surface area contributed by atoms with E-state index < -0.39 is 10.0 Å². The van der Waals surface area contributed by atoms with Crippen LogP contribution in [0.15, 0.2) is 58.3 Å². The molecule has 1 aliphatic heterocycles. The smallest absolute Gasteiger partial charge is 0.244 e. The third kappa shape index (κ3) is 4.97. The number of benzene rings is 2. The number of rotatable bonds is 5. The van der Waals surface area contributed by atoms with Gasteiger partial charge in [0.25, 0.3) is 0 Å². The first-order valence-electron chi connectivity index (χ1n) is 8.29. The Kier molecular flexibility index (Phi) is 6.70. The molecule has 1 saturated heterocycles. The van der Waals surface area contributed by atoms with Crippen molar-refractivity contribution in [3.8, 4) is 0 Å². The van der Waals surface area contributed by atoms with Gasteiger partial charge in [0.1, 0.15) is 4.90 Å². The molecule has 9 heteroatoms. The average Bonchev–Trinajstić information content (AvgIpc) is 2.68.